The van der Waals surface area contributed by atoms with Gasteiger partial charge in [-0.25, -0.2) is 4.79 Å². The molecule has 0 saturated carbocycles. The number of carbonyl (C=O) groups excluding carboxylic acids is 5. The molecule has 0 N–H and O–H groups in total. The van der Waals surface area contributed by atoms with Crippen LogP contribution in [0, 0.1) is 5.92 Å². The molecule has 0 bridgehead atoms. The molecular formula is C21H30BrN3O12. The molecule has 16 heteroatoms. The molecule has 208 valence electrons. The average Bonchev–Trinajstić information content (AvgIpc) is 2.80. The first-order valence-corrected chi connectivity index (χ1v) is 11.8. The molecule has 1 fully saturated rings. The number of hydrogen-bond acceptors (Lipinski definition) is 13. The molecule has 0 radical (unpaired) electrons. The van der Waals surface area contributed by atoms with E-state index in [0.717, 1.165) is 34.8 Å². The SMILES string of the molecule is COC(=O)[C@@]1(Br)O[C@@H]([C@H](OC(C)=O)[C@@H](COC(C)=O)OC(C)=O)[C@H](C)[C@@H](OC(C)=O)[C@@H]1OCCN=[N+]=[N-]. The molecule has 0 spiro atoms. The quantitative estimate of drug-likeness (QED) is 0.0597. The summed E-state index contributed by atoms with van der Waals surface area (Å²) in [6.07, 6.45) is -6.66. The Labute approximate surface area is 221 Å². The third-order valence-corrected chi connectivity index (χ3v) is 6.05. The van der Waals surface area contributed by atoms with Crippen molar-refractivity contribution in [2.75, 3.05) is 26.9 Å². The number of halogens is 1. The van der Waals surface area contributed by atoms with Crippen LogP contribution >= 0.6 is 15.9 Å². The molecule has 15 nitrogen and oxygen atoms in total. The maximum Gasteiger partial charge on any atom is 0.352 e. The average molecular weight is 596 g/mol. The number of methoxy groups -OCH3 is 1. The second kappa shape index (κ2) is 14.7. The maximum absolute atomic E-state index is 12.9. The Morgan fingerprint density at radius 2 is 1.68 bits per heavy atom. The van der Waals surface area contributed by atoms with Crippen LogP contribution in [0.15, 0.2) is 5.11 Å². The maximum atomic E-state index is 12.9. The number of nitrogens with zero attached hydrogens (tertiary/aromatic N) is 3. The topological polar surface area (TPSA) is 199 Å². The van der Waals surface area contributed by atoms with Gasteiger partial charge in [0.1, 0.15) is 24.9 Å². The van der Waals surface area contributed by atoms with Crippen molar-refractivity contribution in [1.82, 2.24) is 0 Å². The number of alkyl halides is 1. The fraction of sp³-hybridized carbons (Fsp3) is 0.762. The highest BCUT2D eigenvalue weighted by Gasteiger charge is 2.62. The monoisotopic (exact) mass is 595 g/mol. The van der Waals surface area contributed by atoms with Gasteiger partial charge < -0.3 is 33.2 Å². The molecule has 1 heterocycles. The minimum Gasteiger partial charge on any atom is -0.466 e. The number of ether oxygens (including phenoxy) is 7. The zero-order valence-corrected chi connectivity index (χ0v) is 22.8. The lowest BCUT2D eigenvalue weighted by atomic mass is 9.83. The molecule has 0 amide bonds. The first-order valence-electron chi connectivity index (χ1n) is 11.0. The van der Waals surface area contributed by atoms with Gasteiger partial charge >= 0.3 is 29.8 Å². The van der Waals surface area contributed by atoms with Gasteiger partial charge in [-0.05, 0) is 21.5 Å². The Balaban J connectivity index is 3.63. The van der Waals surface area contributed by atoms with Crippen LogP contribution in [0.1, 0.15) is 34.6 Å². The van der Waals surface area contributed by atoms with Crippen molar-refractivity contribution in [1.29, 1.82) is 0 Å². The van der Waals surface area contributed by atoms with Crippen molar-refractivity contribution in [3.63, 3.8) is 0 Å². The van der Waals surface area contributed by atoms with Gasteiger partial charge in [0.15, 0.2) is 12.2 Å². The van der Waals surface area contributed by atoms with Gasteiger partial charge in [0.25, 0.3) is 4.51 Å². The molecule has 0 aromatic carbocycles. The van der Waals surface area contributed by atoms with Crippen LogP contribution in [-0.2, 0) is 57.1 Å². The molecule has 1 aliphatic rings. The fourth-order valence-electron chi connectivity index (χ4n) is 3.70. The van der Waals surface area contributed by atoms with Crippen molar-refractivity contribution in [2.45, 2.75) is 69.6 Å². The number of carbonyl (C=O) groups is 5. The van der Waals surface area contributed by atoms with Crippen molar-refractivity contribution in [3.05, 3.63) is 10.4 Å². The van der Waals surface area contributed by atoms with Gasteiger partial charge in [-0.1, -0.05) is 12.0 Å². The van der Waals surface area contributed by atoms with E-state index >= 15 is 0 Å². The van der Waals surface area contributed by atoms with Crippen molar-refractivity contribution in [3.8, 4) is 0 Å². The lowest BCUT2D eigenvalue weighted by Crippen LogP contribution is -2.67. The second-order valence-corrected chi connectivity index (χ2v) is 9.10. The standard InChI is InChI=1S/C21H30BrN3O12/c1-10-16(18(36-14(5)29)15(34-12(3)27)9-33-11(2)26)37-21(22,20(30)31-6)19(17(10)35-13(4)28)32-8-7-24-25-23/h10,15-19H,7-9H2,1-6H3/t10-,15+,16+,17+,18+,19-,21-/m0/s1. The highest BCUT2D eigenvalue weighted by atomic mass is 79.9. The molecule has 1 saturated heterocycles. The van der Waals surface area contributed by atoms with E-state index in [1.807, 2.05) is 0 Å². The van der Waals surface area contributed by atoms with Crippen LogP contribution < -0.4 is 0 Å². The van der Waals surface area contributed by atoms with Crippen LogP contribution in [0.3, 0.4) is 0 Å². The predicted octanol–water partition coefficient (Wildman–Crippen LogP) is 1.34. The summed E-state index contributed by atoms with van der Waals surface area (Å²) in [5.74, 6) is -4.90. The van der Waals surface area contributed by atoms with Crippen molar-refractivity contribution >= 4 is 45.8 Å². The molecule has 0 unspecified atom stereocenters. The van der Waals surface area contributed by atoms with Gasteiger partial charge in [-0.2, -0.15) is 0 Å². The van der Waals surface area contributed by atoms with E-state index in [0.29, 0.717) is 0 Å². The third-order valence-electron chi connectivity index (χ3n) is 5.09. The minimum absolute atomic E-state index is 0.116. The normalized spacial score (nSPS) is 26.5. The second-order valence-electron chi connectivity index (χ2n) is 7.92. The van der Waals surface area contributed by atoms with E-state index in [1.165, 1.54) is 0 Å². The molecule has 7 atom stereocenters. The Morgan fingerprint density at radius 3 is 2.16 bits per heavy atom. The van der Waals surface area contributed by atoms with Gasteiger partial charge in [0.05, 0.1) is 13.7 Å². The van der Waals surface area contributed by atoms with E-state index in [1.54, 1.807) is 6.92 Å². The van der Waals surface area contributed by atoms with Crippen molar-refractivity contribution in [2.24, 2.45) is 11.0 Å². The van der Waals surface area contributed by atoms with Gasteiger partial charge in [-0.3, -0.25) is 19.2 Å². The summed E-state index contributed by atoms with van der Waals surface area (Å²) < 4.78 is 35.7. The molecule has 0 aromatic rings. The predicted molar refractivity (Wildman–Crippen MR) is 125 cm³/mol. The summed E-state index contributed by atoms with van der Waals surface area (Å²) >= 11 is 3.20. The molecule has 37 heavy (non-hydrogen) atoms. The fourth-order valence-corrected chi connectivity index (χ4v) is 4.47. The zero-order valence-electron chi connectivity index (χ0n) is 21.2. The summed E-state index contributed by atoms with van der Waals surface area (Å²) in [6.45, 7) is 5.17. The summed E-state index contributed by atoms with van der Waals surface area (Å²) in [4.78, 5) is 62.8. The Hall–Kier alpha value is -2.94. The molecular weight excluding hydrogens is 566 g/mol. The first kappa shape index (κ1) is 32.1. The van der Waals surface area contributed by atoms with Gasteiger partial charge in [0, 0.05) is 45.1 Å². The highest BCUT2D eigenvalue weighted by Crippen LogP contribution is 2.44. The number of rotatable bonds is 12. The summed E-state index contributed by atoms with van der Waals surface area (Å²) in [7, 11) is 1.07. The summed E-state index contributed by atoms with van der Waals surface area (Å²) in [6, 6.07) is 0. The first-order chi connectivity index (χ1) is 17.3. The largest absolute Gasteiger partial charge is 0.466 e. The van der Waals surface area contributed by atoms with E-state index in [2.05, 4.69) is 26.0 Å². The smallest absolute Gasteiger partial charge is 0.352 e. The Morgan fingerprint density at radius 1 is 1.05 bits per heavy atom. The summed E-state index contributed by atoms with van der Waals surface area (Å²) in [5.41, 5.74) is 8.52. The van der Waals surface area contributed by atoms with Crippen LogP contribution in [0.5, 0.6) is 0 Å². The number of esters is 5. The van der Waals surface area contributed by atoms with E-state index in [-0.39, 0.29) is 13.2 Å². The van der Waals surface area contributed by atoms with Gasteiger partial charge in [0.2, 0.25) is 0 Å². The van der Waals surface area contributed by atoms with Crippen LogP contribution in [-0.4, -0.2) is 91.7 Å². The number of hydrogen-bond donors (Lipinski definition) is 0. The molecule has 0 aliphatic carbocycles. The lowest BCUT2D eigenvalue weighted by Gasteiger charge is -2.49. The summed E-state index contributed by atoms with van der Waals surface area (Å²) in [5, 5.41) is 3.36. The van der Waals surface area contributed by atoms with Crippen molar-refractivity contribution < 1.29 is 57.1 Å². The minimum atomic E-state index is -2.13. The molecule has 1 aliphatic heterocycles. The van der Waals surface area contributed by atoms with E-state index in [4.69, 9.17) is 38.7 Å². The molecule has 1 rings (SSSR count). The van der Waals surface area contributed by atoms with Crippen LogP contribution in [0.4, 0.5) is 0 Å². The Kier molecular flexibility index (Phi) is 12.8. The van der Waals surface area contributed by atoms with Gasteiger partial charge in [-0.15, -0.1) is 0 Å². The van der Waals surface area contributed by atoms with E-state index < -0.39 is 77.4 Å². The van der Waals surface area contributed by atoms with Crippen LogP contribution in [0.2, 0.25) is 0 Å². The third kappa shape index (κ3) is 9.14. The molecule has 0 aromatic heterocycles. The van der Waals surface area contributed by atoms with Crippen LogP contribution in [0.25, 0.3) is 10.4 Å². The highest BCUT2D eigenvalue weighted by molar-refractivity contribution is 9.10. The Bertz CT molecular complexity index is 911. The lowest BCUT2D eigenvalue weighted by molar-refractivity contribution is -0.263. The zero-order chi connectivity index (χ0) is 28.3. The van der Waals surface area contributed by atoms with E-state index in [9.17, 15) is 24.0 Å². The number of azide groups is 1.